The summed E-state index contributed by atoms with van der Waals surface area (Å²) in [4.78, 5) is 20.5. The van der Waals surface area contributed by atoms with Gasteiger partial charge in [0.15, 0.2) is 0 Å². The number of carboxylic acid groups (broad SMARTS) is 2. The number of aromatic carboxylic acids is 1. The van der Waals surface area contributed by atoms with Crippen molar-refractivity contribution < 1.29 is 19.8 Å². The van der Waals surface area contributed by atoms with Gasteiger partial charge in [-0.05, 0) is 25.3 Å². The number of carbonyl (C=O) groups excluding carboxylic acids is 2. The second-order valence-corrected chi connectivity index (χ2v) is 8.82. The van der Waals surface area contributed by atoms with Crippen LogP contribution in [0.25, 0.3) is 0 Å². The fourth-order valence-electron chi connectivity index (χ4n) is 2.91. The first-order valence-corrected chi connectivity index (χ1v) is 13.9. The van der Waals surface area contributed by atoms with Gasteiger partial charge in [0, 0.05) is 11.5 Å². The maximum Gasteiger partial charge on any atom is 2.00 e. The second kappa shape index (κ2) is 36.1. The summed E-state index contributed by atoms with van der Waals surface area (Å²) >= 11 is 0. The molecule has 206 valence electrons. The minimum Gasteiger partial charge on any atom is -0.550 e. The molecule has 0 aliphatic carbocycles. The summed E-state index contributed by atoms with van der Waals surface area (Å²) in [5.41, 5.74) is 1.00. The molecule has 0 aliphatic rings. The summed E-state index contributed by atoms with van der Waals surface area (Å²) in [6, 6.07) is 6.75. The molecule has 36 heavy (non-hydrogen) atoms. The Labute approximate surface area is 241 Å². The van der Waals surface area contributed by atoms with Crippen LogP contribution >= 0.6 is 0 Å². The molecule has 0 saturated heterocycles. The number of hydrogen-bond acceptors (Lipinski definition) is 4. The van der Waals surface area contributed by atoms with Crippen LogP contribution in [0.1, 0.15) is 146 Å². The van der Waals surface area contributed by atoms with E-state index < -0.39 is 11.9 Å². The molecule has 4 nitrogen and oxygen atoms in total. The zero-order valence-electron chi connectivity index (χ0n) is 23.9. The van der Waals surface area contributed by atoms with Gasteiger partial charge in [-0.1, -0.05) is 155 Å². The van der Waals surface area contributed by atoms with Crippen molar-refractivity contribution in [2.24, 2.45) is 0 Å². The molecule has 1 aromatic rings. The van der Waals surface area contributed by atoms with E-state index in [0.717, 1.165) is 31.2 Å². The molecule has 1 aromatic carbocycles. The molecule has 4 radical (unpaired) electrons. The van der Waals surface area contributed by atoms with Crippen LogP contribution in [0.3, 0.4) is 0 Å². The Morgan fingerprint density at radius 2 is 1.03 bits per heavy atom. The Balaban J connectivity index is -0.000000226. The van der Waals surface area contributed by atoms with Gasteiger partial charge in [0.25, 0.3) is 0 Å². The van der Waals surface area contributed by atoms with E-state index >= 15 is 0 Å². The van der Waals surface area contributed by atoms with Crippen LogP contribution in [0.4, 0.5) is 0 Å². The van der Waals surface area contributed by atoms with Gasteiger partial charge < -0.3 is 19.8 Å². The van der Waals surface area contributed by atoms with E-state index in [9.17, 15) is 19.8 Å². The van der Waals surface area contributed by atoms with Gasteiger partial charge >= 0.3 is 23.9 Å². The first-order valence-electron chi connectivity index (χ1n) is 13.9. The third kappa shape index (κ3) is 37.5. The quantitative estimate of drug-likeness (QED) is 0.149. The molecule has 0 heterocycles. The predicted octanol–water partition coefficient (Wildman–Crippen LogP) is 7.05. The normalized spacial score (nSPS) is 9.28. The molecule has 0 amide bonds. The molecule has 0 aliphatic heterocycles. The number of benzene rings is 1. The molecule has 0 N–H and O–H groups in total. The average Bonchev–Trinajstić information content (AvgIpc) is 2.85. The van der Waals surface area contributed by atoms with Crippen molar-refractivity contribution in [3.63, 3.8) is 0 Å². The average molecular weight is 609 g/mol. The van der Waals surface area contributed by atoms with Gasteiger partial charge in [-0.25, -0.2) is 0 Å². The molecular formula is C31H54O4Sn. The topological polar surface area (TPSA) is 80.3 Å². The van der Waals surface area contributed by atoms with Crippen molar-refractivity contribution >= 4 is 35.8 Å². The summed E-state index contributed by atoms with van der Waals surface area (Å²) in [5.74, 6) is -2.02. The van der Waals surface area contributed by atoms with Crippen LogP contribution in [0, 0.1) is 20.8 Å². The summed E-state index contributed by atoms with van der Waals surface area (Å²) in [6.45, 7) is 15.4. The fraction of sp³-hybridized carbons (Fsp3) is 0.677. The van der Waals surface area contributed by atoms with Crippen LogP contribution < -0.4 is 10.2 Å². The van der Waals surface area contributed by atoms with Gasteiger partial charge in [-0.2, -0.15) is 0 Å². The fourth-order valence-corrected chi connectivity index (χ4v) is 2.91. The van der Waals surface area contributed by atoms with Gasteiger partial charge in [-0.3, -0.25) is 0 Å². The minimum absolute atomic E-state index is 0. The van der Waals surface area contributed by atoms with Crippen LogP contribution in [0.5, 0.6) is 0 Å². The maximum atomic E-state index is 10.3. The van der Waals surface area contributed by atoms with Crippen molar-refractivity contribution in [3.05, 3.63) is 49.2 Å². The van der Waals surface area contributed by atoms with E-state index in [0.29, 0.717) is 0 Å². The molecule has 0 saturated carbocycles. The Hall–Kier alpha value is -1.04. The Bertz CT molecular complexity index is 567. The molecule has 0 unspecified atom stereocenters. The van der Waals surface area contributed by atoms with Crippen LogP contribution in [0.2, 0.25) is 0 Å². The predicted molar refractivity (Wildman–Crippen MR) is 152 cm³/mol. The largest absolute Gasteiger partial charge is 2.00 e. The van der Waals surface area contributed by atoms with E-state index in [2.05, 4.69) is 34.6 Å². The van der Waals surface area contributed by atoms with Gasteiger partial charge in [0.1, 0.15) is 0 Å². The molecule has 0 aromatic heterocycles. The molecule has 1 rings (SSSR count). The molecule has 5 heteroatoms. The van der Waals surface area contributed by atoms with Crippen LogP contribution in [0.15, 0.2) is 24.3 Å². The number of hydrogen-bond donors (Lipinski definition) is 0. The number of aliphatic carboxylic acids is 1. The number of unbranched alkanes of at least 4 members (excludes halogenated alkanes) is 13. The summed E-state index contributed by atoms with van der Waals surface area (Å²) < 4.78 is 0. The van der Waals surface area contributed by atoms with Gasteiger partial charge in [0.2, 0.25) is 0 Å². The number of aryl methyl sites for hydroxylation is 1. The van der Waals surface area contributed by atoms with Crippen molar-refractivity contribution in [1.82, 2.24) is 0 Å². The van der Waals surface area contributed by atoms with Crippen LogP contribution in [-0.4, -0.2) is 35.8 Å². The van der Waals surface area contributed by atoms with E-state index in [1.54, 1.807) is 25.1 Å². The number of rotatable bonds is 16. The van der Waals surface area contributed by atoms with Gasteiger partial charge in [0.05, 0.1) is 5.97 Å². The zero-order valence-corrected chi connectivity index (χ0v) is 26.7. The summed E-state index contributed by atoms with van der Waals surface area (Å²) in [6.07, 6.45) is 20.0. The van der Waals surface area contributed by atoms with Crippen molar-refractivity contribution in [3.8, 4) is 0 Å². The van der Waals surface area contributed by atoms with Crippen molar-refractivity contribution in [2.45, 2.75) is 137 Å². The summed E-state index contributed by atoms with van der Waals surface area (Å²) in [7, 11) is 0. The monoisotopic (exact) mass is 610 g/mol. The molecular weight excluding hydrogens is 555 g/mol. The van der Waals surface area contributed by atoms with Crippen molar-refractivity contribution in [1.29, 1.82) is 0 Å². The zero-order chi connectivity index (χ0) is 27.2. The minimum atomic E-state index is -1.11. The standard InChI is InChI=1S/C15H30O2.C8H8O2.2C4H9.Sn/c1-2-3-4-5-6-7-8-9-10-11-12-13-14-15(16)17;1-6-4-2-3-5-7(6)8(9)10;2*1-3-4-2;/h2-14H2,1H3,(H,16,17);2-5H,1H3,(H,9,10);2*1,3-4H2,2H3;/q;;;;+2/p-2. The van der Waals surface area contributed by atoms with E-state index in [1.165, 1.54) is 83.1 Å². The van der Waals surface area contributed by atoms with Crippen molar-refractivity contribution in [2.75, 3.05) is 0 Å². The Kier molecular flexibility index (Phi) is 42.2. The summed E-state index contributed by atoms with van der Waals surface area (Å²) in [5, 5.41) is 20.5. The number of carbonyl (C=O) groups is 2. The van der Waals surface area contributed by atoms with Crippen LogP contribution in [-0.2, 0) is 4.79 Å². The SMILES string of the molecule is CCCCCCCCCCCCCCC(=O)[O-].Cc1ccccc1C(=O)[O-].[CH2]CCC.[CH2]CCC.[Sn+2]. The Morgan fingerprint density at radius 3 is 1.31 bits per heavy atom. The van der Waals surface area contributed by atoms with Gasteiger partial charge in [-0.15, -0.1) is 0 Å². The molecule has 0 fully saturated rings. The van der Waals surface area contributed by atoms with E-state index in [1.807, 2.05) is 0 Å². The third-order valence-corrected chi connectivity index (χ3v) is 5.31. The molecule has 0 atom stereocenters. The molecule has 0 bridgehead atoms. The maximum absolute atomic E-state index is 10.3. The first-order chi connectivity index (χ1) is 16.8. The second-order valence-electron chi connectivity index (χ2n) is 8.82. The Morgan fingerprint density at radius 1 is 0.667 bits per heavy atom. The third-order valence-electron chi connectivity index (χ3n) is 5.31. The van der Waals surface area contributed by atoms with E-state index in [-0.39, 0.29) is 35.9 Å². The first kappa shape index (κ1) is 42.1. The smallest absolute Gasteiger partial charge is 0.550 e. The van der Waals surface area contributed by atoms with E-state index in [4.69, 9.17) is 0 Å². The number of carboxylic acids is 2. The molecule has 0 spiro atoms.